The van der Waals surface area contributed by atoms with Gasteiger partial charge in [-0.2, -0.15) is 18.3 Å². The molecule has 0 bridgehead atoms. The lowest BCUT2D eigenvalue weighted by Gasteiger charge is -2.13. The molecule has 4 nitrogen and oxygen atoms in total. The lowest BCUT2D eigenvalue weighted by Crippen LogP contribution is -2.08. The zero-order valence-electron chi connectivity index (χ0n) is 21.3. The van der Waals surface area contributed by atoms with Crippen LogP contribution in [0.4, 0.5) is 13.2 Å². The highest BCUT2D eigenvalue weighted by molar-refractivity contribution is 6.31. The molecule has 0 spiro atoms. The molecule has 0 aliphatic carbocycles. The number of pyridine rings is 1. The molecule has 0 N–H and O–H groups in total. The fourth-order valence-electron chi connectivity index (χ4n) is 4.27. The van der Waals surface area contributed by atoms with E-state index >= 15 is 0 Å². The third-order valence-corrected chi connectivity index (χ3v) is 6.60. The number of aromatic nitrogens is 3. The molecule has 38 heavy (non-hydrogen) atoms. The molecule has 0 atom stereocenters. The molecule has 0 saturated heterocycles. The Morgan fingerprint density at radius 3 is 2.13 bits per heavy atom. The quantitative estimate of drug-likeness (QED) is 0.226. The van der Waals surface area contributed by atoms with Crippen molar-refractivity contribution in [1.82, 2.24) is 14.8 Å². The van der Waals surface area contributed by atoms with Crippen molar-refractivity contribution < 1.29 is 17.9 Å². The number of aryl methyl sites for hydroxylation is 2. The number of ether oxygens (including phenoxy) is 1. The molecule has 0 radical (unpaired) electrons. The summed E-state index contributed by atoms with van der Waals surface area (Å²) in [6.07, 6.45) is -4.67. The Morgan fingerprint density at radius 1 is 0.868 bits per heavy atom. The molecule has 2 heterocycles. The second-order valence-electron chi connectivity index (χ2n) is 9.50. The van der Waals surface area contributed by atoms with Gasteiger partial charge in [-0.1, -0.05) is 47.5 Å². The van der Waals surface area contributed by atoms with Crippen LogP contribution in [0.5, 0.6) is 5.75 Å². The summed E-state index contributed by atoms with van der Waals surface area (Å²) in [6.45, 7) is 7.59. The van der Waals surface area contributed by atoms with E-state index in [2.05, 4.69) is 5.10 Å². The van der Waals surface area contributed by atoms with Gasteiger partial charge >= 0.3 is 6.18 Å². The van der Waals surface area contributed by atoms with E-state index in [9.17, 15) is 13.2 Å². The highest BCUT2D eigenvalue weighted by Crippen LogP contribution is 2.42. The van der Waals surface area contributed by atoms with Crippen LogP contribution < -0.4 is 4.74 Å². The number of fused-ring (bicyclic) bond motifs is 1. The third kappa shape index (κ3) is 4.98. The maximum absolute atomic E-state index is 14.6. The monoisotopic (exact) mass is 535 g/mol. The minimum atomic E-state index is -4.64. The molecule has 3 aromatic carbocycles. The van der Waals surface area contributed by atoms with Crippen LogP contribution >= 0.6 is 11.6 Å². The summed E-state index contributed by atoms with van der Waals surface area (Å²) in [6, 6.07) is 20.4. The van der Waals surface area contributed by atoms with Gasteiger partial charge in [0.05, 0.1) is 28.4 Å². The van der Waals surface area contributed by atoms with Gasteiger partial charge in [0.25, 0.3) is 0 Å². The number of benzene rings is 3. The van der Waals surface area contributed by atoms with Crippen LogP contribution in [0, 0.1) is 13.8 Å². The Hall–Kier alpha value is -3.84. The fraction of sp³-hybridized carbons (Fsp3) is 0.200. The van der Waals surface area contributed by atoms with Crippen molar-refractivity contribution in [2.45, 2.75) is 40.0 Å². The van der Waals surface area contributed by atoms with Crippen LogP contribution in [-0.2, 0) is 6.18 Å². The Morgan fingerprint density at radius 2 is 1.53 bits per heavy atom. The van der Waals surface area contributed by atoms with Gasteiger partial charge in [0.2, 0.25) is 0 Å². The first-order valence-corrected chi connectivity index (χ1v) is 12.5. The molecule has 194 valence electrons. The van der Waals surface area contributed by atoms with Gasteiger partial charge in [-0.3, -0.25) is 0 Å². The van der Waals surface area contributed by atoms with Crippen molar-refractivity contribution in [3.63, 3.8) is 0 Å². The first kappa shape index (κ1) is 25.8. The SMILES string of the molecule is Cc1ccc(-c2nn(-c3ccc(C)c(Cl)c3)c3nc(-c4ccc(OC(C)C)cc4)cc(C(F)(F)F)c23)cc1. The molecule has 8 heteroatoms. The Labute approximate surface area is 223 Å². The van der Waals surface area contributed by atoms with Gasteiger partial charge in [0.1, 0.15) is 11.4 Å². The zero-order chi connectivity index (χ0) is 27.2. The van der Waals surface area contributed by atoms with Crippen LogP contribution in [-0.4, -0.2) is 20.9 Å². The van der Waals surface area contributed by atoms with Crippen molar-refractivity contribution in [2.75, 3.05) is 0 Å². The Balaban J connectivity index is 1.81. The van der Waals surface area contributed by atoms with Crippen LogP contribution in [0.2, 0.25) is 5.02 Å². The van der Waals surface area contributed by atoms with E-state index in [0.29, 0.717) is 27.6 Å². The van der Waals surface area contributed by atoms with E-state index in [0.717, 1.165) is 17.2 Å². The summed E-state index contributed by atoms with van der Waals surface area (Å²) in [5.41, 5.74) is 3.10. The first-order valence-electron chi connectivity index (χ1n) is 12.1. The van der Waals surface area contributed by atoms with E-state index in [1.54, 1.807) is 54.6 Å². The maximum Gasteiger partial charge on any atom is 0.417 e. The zero-order valence-corrected chi connectivity index (χ0v) is 22.0. The fourth-order valence-corrected chi connectivity index (χ4v) is 4.45. The molecule has 0 unspecified atom stereocenters. The summed E-state index contributed by atoms with van der Waals surface area (Å²) in [5, 5.41) is 5.08. The number of nitrogens with zero attached hydrogens (tertiary/aromatic N) is 3. The molecule has 0 fully saturated rings. The topological polar surface area (TPSA) is 39.9 Å². The number of hydrogen-bond acceptors (Lipinski definition) is 3. The van der Waals surface area contributed by atoms with Crippen molar-refractivity contribution in [3.05, 3.63) is 94.5 Å². The van der Waals surface area contributed by atoms with Gasteiger partial charge in [-0.15, -0.1) is 0 Å². The summed E-state index contributed by atoms with van der Waals surface area (Å²) < 4.78 is 50.9. The van der Waals surface area contributed by atoms with Gasteiger partial charge in [0, 0.05) is 16.1 Å². The van der Waals surface area contributed by atoms with Gasteiger partial charge < -0.3 is 4.74 Å². The molecule has 0 aliphatic rings. The normalized spacial score (nSPS) is 11.9. The Kier molecular flexibility index (Phi) is 6.65. The van der Waals surface area contributed by atoms with Crippen molar-refractivity contribution in [3.8, 4) is 34.0 Å². The standard InChI is InChI=1S/C30H25ClF3N3O/c1-17(2)38-23-13-10-20(11-14-23)26-16-24(30(32,33)34)27-28(21-8-5-18(3)6-9-21)36-37(29(27)35-26)22-12-7-19(4)25(31)15-22/h5-17H,1-4H3. The lowest BCUT2D eigenvalue weighted by atomic mass is 10.0. The number of rotatable bonds is 5. The molecule has 0 saturated carbocycles. The molecule has 0 aliphatic heterocycles. The first-order chi connectivity index (χ1) is 18.0. The second kappa shape index (κ2) is 9.80. The molecular weight excluding hydrogens is 511 g/mol. The number of hydrogen-bond donors (Lipinski definition) is 0. The summed E-state index contributed by atoms with van der Waals surface area (Å²) in [4.78, 5) is 4.72. The smallest absolute Gasteiger partial charge is 0.417 e. The van der Waals surface area contributed by atoms with Crippen molar-refractivity contribution in [2.24, 2.45) is 0 Å². The molecular formula is C30H25ClF3N3O. The van der Waals surface area contributed by atoms with Crippen LogP contribution in [0.1, 0.15) is 30.5 Å². The number of alkyl halides is 3. The molecule has 5 aromatic rings. The second-order valence-corrected chi connectivity index (χ2v) is 9.91. The molecule has 5 rings (SSSR count). The van der Waals surface area contributed by atoms with E-state index in [4.69, 9.17) is 21.3 Å². The van der Waals surface area contributed by atoms with E-state index in [1.165, 1.54) is 4.68 Å². The Bertz CT molecular complexity index is 1620. The van der Waals surface area contributed by atoms with Crippen LogP contribution in [0.15, 0.2) is 72.8 Å². The van der Waals surface area contributed by atoms with E-state index in [1.807, 2.05) is 39.8 Å². The van der Waals surface area contributed by atoms with E-state index in [-0.39, 0.29) is 28.5 Å². The minimum Gasteiger partial charge on any atom is -0.491 e. The highest BCUT2D eigenvalue weighted by Gasteiger charge is 2.36. The van der Waals surface area contributed by atoms with Crippen molar-refractivity contribution >= 4 is 22.6 Å². The number of halogens is 4. The average Bonchev–Trinajstić information content (AvgIpc) is 3.24. The largest absolute Gasteiger partial charge is 0.491 e. The van der Waals surface area contributed by atoms with Gasteiger partial charge in [0.15, 0.2) is 5.65 Å². The predicted molar refractivity (Wildman–Crippen MR) is 145 cm³/mol. The van der Waals surface area contributed by atoms with Crippen molar-refractivity contribution in [1.29, 1.82) is 0 Å². The minimum absolute atomic E-state index is 0.0250. The maximum atomic E-state index is 14.6. The summed E-state index contributed by atoms with van der Waals surface area (Å²) >= 11 is 6.38. The van der Waals surface area contributed by atoms with Gasteiger partial charge in [-0.25, -0.2) is 9.67 Å². The highest BCUT2D eigenvalue weighted by atomic mass is 35.5. The lowest BCUT2D eigenvalue weighted by molar-refractivity contribution is -0.136. The summed E-state index contributed by atoms with van der Waals surface area (Å²) in [7, 11) is 0. The summed E-state index contributed by atoms with van der Waals surface area (Å²) in [5.74, 6) is 0.627. The molecule has 2 aromatic heterocycles. The van der Waals surface area contributed by atoms with Gasteiger partial charge in [-0.05, 0) is 75.7 Å². The average molecular weight is 536 g/mol. The predicted octanol–water partition coefficient (Wildman–Crippen LogP) is 8.83. The molecule has 0 amide bonds. The third-order valence-electron chi connectivity index (χ3n) is 6.19. The van der Waals surface area contributed by atoms with Crippen LogP contribution in [0.3, 0.4) is 0 Å². The van der Waals surface area contributed by atoms with E-state index < -0.39 is 11.7 Å². The van der Waals surface area contributed by atoms with Crippen LogP contribution in [0.25, 0.3) is 39.2 Å².